The fourth-order valence-corrected chi connectivity index (χ4v) is 1.65. The Kier molecular flexibility index (Phi) is 4.23. The van der Waals surface area contributed by atoms with Gasteiger partial charge < -0.3 is 10.5 Å². The second-order valence-electron chi connectivity index (χ2n) is 2.97. The second-order valence-corrected chi connectivity index (χ2v) is 3.83. The van der Waals surface area contributed by atoms with Crippen LogP contribution in [0.15, 0.2) is 28.7 Å². The minimum absolute atomic E-state index is 0.343. The zero-order chi connectivity index (χ0) is 11.4. The zero-order valence-corrected chi connectivity index (χ0v) is 9.70. The Bertz CT molecular complexity index is 359. The van der Waals surface area contributed by atoms with Crippen LogP contribution in [0.1, 0.15) is 11.7 Å². The van der Waals surface area contributed by atoms with Crippen LogP contribution in [0, 0.1) is 0 Å². The average Bonchev–Trinajstić information content (AvgIpc) is 2.26. The van der Waals surface area contributed by atoms with Gasteiger partial charge in [0.2, 0.25) is 0 Å². The van der Waals surface area contributed by atoms with E-state index >= 15 is 0 Å². The normalized spacial score (nSPS) is 14.4. The van der Waals surface area contributed by atoms with E-state index in [1.54, 1.807) is 24.3 Å². The van der Waals surface area contributed by atoms with Crippen LogP contribution in [0.25, 0.3) is 0 Å². The maximum Gasteiger partial charge on any atom is 0.326 e. The number of hydrogen-bond donors (Lipinski definition) is 1. The SMILES string of the molecule is COC(=O)C(N)C(F)c1ccccc1Br. The van der Waals surface area contributed by atoms with Crippen molar-refractivity contribution in [1.29, 1.82) is 0 Å². The molecule has 5 heteroatoms. The molecule has 1 aromatic carbocycles. The lowest BCUT2D eigenvalue weighted by molar-refractivity contribution is -0.143. The first-order valence-electron chi connectivity index (χ1n) is 4.30. The van der Waals surface area contributed by atoms with Crippen molar-refractivity contribution in [3.05, 3.63) is 34.3 Å². The van der Waals surface area contributed by atoms with Crippen molar-refractivity contribution in [3.63, 3.8) is 0 Å². The number of esters is 1. The summed E-state index contributed by atoms with van der Waals surface area (Å²) >= 11 is 3.19. The third-order valence-electron chi connectivity index (χ3n) is 1.99. The molecule has 0 aliphatic heterocycles. The third kappa shape index (κ3) is 2.76. The number of carbonyl (C=O) groups is 1. The Morgan fingerprint density at radius 3 is 2.67 bits per heavy atom. The van der Waals surface area contributed by atoms with E-state index in [0.29, 0.717) is 10.0 Å². The first kappa shape index (κ1) is 12.1. The predicted molar refractivity (Wildman–Crippen MR) is 58.0 cm³/mol. The van der Waals surface area contributed by atoms with Gasteiger partial charge in [0, 0.05) is 10.0 Å². The highest BCUT2D eigenvalue weighted by Crippen LogP contribution is 2.28. The fraction of sp³-hybridized carbons (Fsp3) is 0.300. The van der Waals surface area contributed by atoms with Gasteiger partial charge in [0.1, 0.15) is 6.04 Å². The highest BCUT2D eigenvalue weighted by molar-refractivity contribution is 9.10. The summed E-state index contributed by atoms with van der Waals surface area (Å²) in [5, 5.41) is 0. The van der Waals surface area contributed by atoms with Crippen molar-refractivity contribution in [2.24, 2.45) is 5.73 Å². The molecule has 15 heavy (non-hydrogen) atoms. The minimum Gasteiger partial charge on any atom is -0.468 e. The zero-order valence-electron chi connectivity index (χ0n) is 8.11. The second kappa shape index (κ2) is 5.23. The average molecular weight is 276 g/mol. The molecule has 82 valence electrons. The number of hydrogen-bond acceptors (Lipinski definition) is 3. The van der Waals surface area contributed by atoms with E-state index in [-0.39, 0.29) is 0 Å². The van der Waals surface area contributed by atoms with Crippen LogP contribution in [-0.4, -0.2) is 19.1 Å². The molecule has 0 radical (unpaired) electrons. The largest absolute Gasteiger partial charge is 0.468 e. The molecule has 0 aromatic heterocycles. The van der Waals surface area contributed by atoms with Gasteiger partial charge in [-0.3, -0.25) is 4.79 Å². The van der Waals surface area contributed by atoms with Crippen molar-refractivity contribution in [2.45, 2.75) is 12.2 Å². The highest BCUT2D eigenvalue weighted by atomic mass is 79.9. The van der Waals surface area contributed by atoms with Crippen molar-refractivity contribution >= 4 is 21.9 Å². The standard InChI is InChI=1S/C10H11BrFNO2/c1-15-10(14)9(13)8(12)6-4-2-3-5-7(6)11/h2-5,8-9H,13H2,1H3. The van der Waals surface area contributed by atoms with Gasteiger partial charge in [-0.2, -0.15) is 0 Å². The molecule has 0 aliphatic rings. The third-order valence-corrected chi connectivity index (χ3v) is 2.71. The van der Waals surface area contributed by atoms with E-state index in [4.69, 9.17) is 5.73 Å². The Morgan fingerprint density at radius 2 is 2.13 bits per heavy atom. The molecule has 0 saturated heterocycles. The van der Waals surface area contributed by atoms with Gasteiger partial charge in [-0.15, -0.1) is 0 Å². The van der Waals surface area contributed by atoms with E-state index in [0.717, 1.165) is 0 Å². The quantitative estimate of drug-likeness (QED) is 0.858. The lowest BCUT2D eigenvalue weighted by Gasteiger charge is -2.15. The van der Waals surface area contributed by atoms with Gasteiger partial charge in [0.25, 0.3) is 0 Å². The number of nitrogens with two attached hydrogens (primary N) is 1. The van der Waals surface area contributed by atoms with Crippen molar-refractivity contribution < 1.29 is 13.9 Å². The molecule has 2 atom stereocenters. The van der Waals surface area contributed by atoms with E-state index in [2.05, 4.69) is 20.7 Å². The molecule has 0 fully saturated rings. The van der Waals surface area contributed by atoms with Crippen LogP contribution in [-0.2, 0) is 9.53 Å². The van der Waals surface area contributed by atoms with Crippen LogP contribution in [0.2, 0.25) is 0 Å². The molecule has 3 nitrogen and oxygen atoms in total. The smallest absolute Gasteiger partial charge is 0.326 e. The van der Waals surface area contributed by atoms with Crippen LogP contribution < -0.4 is 5.73 Å². The highest BCUT2D eigenvalue weighted by Gasteiger charge is 2.27. The van der Waals surface area contributed by atoms with Gasteiger partial charge in [-0.25, -0.2) is 4.39 Å². The molecule has 1 aromatic rings. The summed E-state index contributed by atoms with van der Waals surface area (Å²) in [5.41, 5.74) is 5.74. The summed E-state index contributed by atoms with van der Waals surface area (Å²) in [6, 6.07) is 5.39. The molecule has 0 spiro atoms. The van der Waals surface area contributed by atoms with Gasteiger partial charge in [-0.1, -0.05) is 34.1 Å². The Labute approximate surface area is 95.5 Å². The topological polar surface area (TPSA) is 52.3 Å². The summed E-state index contributed by atoms with van der Waals surface area (Å²) < 4.78 is 18.7. The first-order chi connectivity index (χ1) is 7.07. The Balaban J connectivity index is 2.89. The number of carbonyl (C=O) groups excluding carboxylic acids is 1. The van der Waals surface area contributed by atoms with Crippen LogP contribution in [0.4, 0.5) is 4.39 Å². The van der Waals surface area contributed by atoms with E-state index < -0.39 is 18.2 Å². The molecule has 2 unspecified atom stereocenters. The first-order valence-corrected chi connectivity index (χ1v) is 5.09. The molecule has 0 heterocycles. The number of alkyl halides is 1. The molecule has 0 amide bonds. The van der Waals surface area contributed by atoms with Crippen molar-refractivity contribution in [3.8, 4) is 0 Å². The number of methoxy groups -OCH3 is 1. The van der Waals surface area contributed by atoms with E-state index in [1.807, 2.05) is 0 Å². The number of rotatable bonds is 3. The molecule has 0 saturated carbocycles. The predicted octanol–water partition coefficient (Wildman–Crippen LogP) is 1.96. The summed E-state index contributed by atoms with van der Waals surface area (Å²) in [6.45, 7) is 0. The van der Waals surface area contributed by atoms with Crippen LogP contribution in [0.5, 0.6) is 0 Å². The lowest BCUT2D eigenvalue weighted by Crippen LogP contribution is -2.36. The summed E-state index contributed by atoms with van der Waals surface area (Å²) in [5.74, 6) is -0.766. The molecule has 0 aliphatic carbocycles. The van der Waals surface area contributed by atoms with Gasteiger partial charge in [0.05, 0.1) is 7.11 Å². The summed E-state index contributed by atoms with van der Waals surface area (Å²) in [6.07, 6.45) is -1.58. The number of benzene rings is 1. The molecular formula is C10H11BrFNO2. The monoisotopic (exact) mass is 275 g/mol. The molecule has 1 rings (SSSR count). The molecule has 2 N–H and O–H groups in total. The molecule has 0 bridgehead atoms. The number of ether oxygens (including phenoxy) is 1. The maximum atomic E-state index is 13.8. The van der Waals surface area contributed by atoms with Gasteiger partial charge in [-0.05, 0) is 6.07 Å². The summed E-state index contributed by atoms with van der Waals surface area (Å²) in [4.78, 5) is 11.0. The van der Waals surface area contributed by atoms with Crippen LogP contribution in [0.3, 0.4) is 0 Å². The Morgan fingerprint density at radius 1 is 1.53 bits per heavy atom. The number of halogens is 2. The van der Waals surface area contributed by atoms with E-state index in [1.165, 1.54) is 7.11 Å². The lowest BCUT2D eigenvalue weighted by atomic mass is 10.0. The van der Waals surface area contributed by atoms with Crippen LogP contribution >= 0.6 is 15.9 Å². The van der Waals surface area contributed by atoms with Crippen molar-refractivity contribution in [1.82, 2.24) is 0 Å². The fourth-order valence-electron chi connectivity index (χ4n) is 1.15. The van der Waals surface area contributed by atoms with Crippen molar-refractivity contribution in [2.75, 3.05) is 7.11 Å². The van der Waals surface area contributed by atoms with Gasteiger partial charge >= 0.3 is 5.97 Å². The van der Waals surface area contributed by atoms with E-state index in [9.17, 15) is 9.18 Å². The summed E-state index contributed by atoms with van der Waals surface area (Å²) in [7, 11) is 1.18. The minimum atomic E-state index is -1.58. The molecular weight excluding hydrogens is 265 g/mol. The Hall–Kier alpha value is -0.940. The maximum absolute atomic E-state index is 13.8. The van der Waals surface area contributed by atoms with Gasteiger partial charge in [0.15, 0.2) is 6.17 Å².